The minimum absolute atomic E-state index is 0.276. The van der Waals surface area contributed by atoms with E-state index in [0.29, 0.717) is 11.7 Å². The fourth-order valence-corrected chi connectivity index (χ4v) is 7.95. The molecular formula is C22H36O2. The Morgan fingerprint density at radius 3 is 2.42 bits per heavy atom. The Kier molecular flexibility index (Phi) is 4.14. The Bertz CT molecular complexity index is 510. The van der Waals surface area contributed by atoms with Crippen LogP contribution in [0.25, 0.3) is 0 Å². The van der Waals surface area contributed by atoms with Crippen LogP contribution in [0.15, 0.2) is 0 Å². The summed E-state index contributed by atoms with van der Waals surface area (Å²) in [7, 11) is 0. The van der Waals surface area contributed by atoms with Gasteiger partial charge in [0.05, 0.1) is 5.60 Å². The van der Waals surface area contributed by atoms with E-state index < -0.39 is 5.60 Å². The van der Waals surface area contributed by atoms with Gasteiger partial charge in [-0.05, 0) is 107 Å². The summed E-state index contributed by atoms with van der Waals surface area (Å²) >= 11 is 0. The zero-order valence-corrected chi connectivity index (χ0v) is 15.9. The first-order valence-corrected chi connectivity index (χ1v) is 10.5. The molecule has 0 spiro atoms. The quantitative estimate of drug-likeness (QED) is 0.735. The lowest BCUT2D eigenvalue weighted by Crippen LogP contribution is -2.54. The zero-order chi connectivity index (χ0) is 17.1. The molecule has 8 atom stereocenters. The van der Waals surface area contributed by atoms with Gasteiger partial charge in [-0.2, -0.15) is 0 Å². The van der Waals surface area contributed by atoms with Crippen LogP contribution in [0.4, 0.5) is 0 Å². The van der Waals surface area contributed by atoms with Gasteiger partial charge >= 0.3 is 0 Å². The second-order valence-corrected chi connectivity index (χ2v) is 10.3. The Balaban J connectivity index is 1.57. The summed E-state index contributed by atoms with van der Waals surface area (Å²) in [6.07, 6.45) is 12.3. The molecule has 0 unspecified atom stereocenters. The van der Waals surface area contributed by atoms with Crippen LogP contribution >= 0.6 is 0 Å². The van der Waals surface area contributed by atoms with E-state index in [-0.39, 0.29) is 5.41 Å². The molecule has 4 aliphatic rings. The number of carbonyl (C=O) groups is 1. The van der Waals surface area contributed by atoms with Crippen molar-refractivity contribution in [3.8, 4) is 0 Å². The van der Waals surface area contributed by atoms with Crippen LogP contribution < -0.4 is 0 Å². The maximum absolute atomic E-state index is 12.3. The Morgan fingerprint density at radius 2 is 1.67 bits per heavy atom. The van der Waals surface area contributed by atoms with Gasteiger partial charge in [0, 0.05) is 5.92 Å². The van der Waals surface area contributed by atoms with Crippen molar-refractivity contribution in [3.05, 3.63) is 0 Å². The molecule has 0 aromatic carbocycles. The Hall–Kier alpha value is -0.370. The van der Waals surface area contributed by atoms with Crippen LogP contribution in [0, 0.1) is 40.9 Å². The first-order chi connectivity index (χ1) is 11.3. The topological polar surface area (TPSA) is 37.3 Å². The normalized spacial score (nSPS) is 54.3. The molecule has 0 radical (unpaired) electrons. The summed E-state index contributed by atoms with van der Waals surface area (Å²) in [4.78, 5) is 12.3. The van der Waals surface area contributed by atoms with Gasteiger partial charge in [-0.3, -0.25) is 4.79 Å². The number of Topliss-reactive ketones (excluding diaryl/α,β-unsaturated/α-hetero) is 1. The van der Waals surface area contributed by atoms with Crippen LogP contribution in [0.1, 0.15) is 85.0 Å². The fraction of sp³-hybridized carbons (Fsp3) is 0.955. The SMILES string of the molecule is CC(=O)[C@H]1CCC[C@H]2[C@@H]3CC[C@@H]4C[C@](C)(O)CC[C@@H]4[C@H]3CC[C@]12C. The summed E-state index contributed by atoms with van der Waals surface area (Å²) in [6.45, 7) is 6.34. The number of carbonyl (C=O) groups excluding carboxylic acids is 1. The van der Waals surface area contributed by atoms with E-state index >= 15 is 0 Å². The molecule has 24 heavy (non-hydrogen) atoms. The molecule has 0 amide bonds. The van der Waals surface area contributed by atoms with Crippen molar-refractivity contribution in [2.75, 3.05) is 0 Å². The van der Waals surface area contributed by atoms with Crippen molar-refractivity contribution in [1.82, 2.24) is 0 Å². The lowest BCUT2D eigenvalue weighted by molar-refractivity contribution is -0.146. The van der Waals surface area contributed by atoms with Crippen molar-refractivity contribution >= 4 is 5.78 Å². The van der Waals surface area contributed by atoms with Gasteiger partial charge in [-0.15, -0.1) is 0 Å². The fourth-order valence-electron chi connectivity index (χ4n) is 7.95. The molecule has 0 heterocycles. The van der Waals surface area contributed by atoms with Gasteiger partial charge in [0.1, 0.15) is 5.78 Å². The average Bonchev–Trinajstić information content (AvgIpc) is 2.51. The first-order valence-electron chi connectivity index (χ1n) is 10.5. The van der Waals surface area contributed by atoms with Gasteiger partial charge in [0.15, 0.2) is 0 Å². The molecule has 1 N–H and O–H groups in total. The molecule has 0 aromatic heterocycles. The summed E-state index contributed by atoms with van der Waals surface area (Å²) in [5.74, 6) is 4.89. The number of rotatable bonds is 1. The van der Waals surface area contributed by atoms with Gasteiger partial charge in [0.25, 0.3) is 0 Å². The standard InChI is InChI=1S/C22H36O2/c1-14(23)19-5-4-6-20-18-8-7-15-13-21(2,24)11-9-16(15)17(18)10-12-22(19,20)3/h15-20,24H,4-13H2,1-3H3/t15-,16+,17-,18-,19-,20+,21-,22-/m1/s1. The van der Waals surface area contributed by atoms with Gasteiger partial charge in [-0.1, -0.05) is 13.3 Å². The van der Waals surface area contributed by atoms with Crippen molar-refractivity contribution in [3.63, 3.8) is 0 Å². The maximum atomic E-state index is 12.3. The van der Waals surface area contributed by atoms with E-state index in [1.165, 1.54) is 44.9 Å². The van der Waals surface area contributed by atoms with Crippen LogP contribution in [0.3, 0.4) is 0 Å². The Labute approximate surface area is 147 Å². The number of ketones is 1. The van der Waals surface area contributed by atoms with Crippen molar-refractivity contribution in [2.45, 2.75) is 90.6 Å². The highest BCUT2D eigenvalue weighted by Crippen LogP contribution is 2.63. The number of hydrogen-bond acceptors (Lipinski definition) is 2. The largest absolute Gasteiger partial charge is 0.390 e. The lowest BCUT2D eigenvalue weighted by Gasteiger charge is -2.60. The van der Waals surface area contributed by atoms with E-state index in [1.54, 1.807) is 0 Å². The second kappa shape index (κ2) is 5.83. The maximum Gasteiger partial charge on any atom is 0.133 e. The van der Waals surface area contributed by atoms with E-state index in [2.05, 4.69) is 6.92 Å². The molecule has 4 fully saturated rings. The predicted octanol–water partition coefficient (Wildman–Crippen LogP) is 4.99. The van der Waals surface area contributed by atoms with E-state index in [0.717, 1.165) is 48.9 Å². The smallest absolute Gasteiger partial charge is 0.133 e. The van der Waals surface area contributed by atoms with E-state index in [9.17, 15) is 9.90 Å². The van der Waals surface area contributed by atoms with Gasteiger partial charge < -0.3 is 5.11 Å². The summed E-state index contributed by atoms with van der Waals surface area (Å²) in [5, 5.41) is 10.5. The molecule has 0 saturated heterocycles. The lowest BCUT2D eigenvalue weighted by atomic mass is 9.44. The third-order valence-electron chi connectivity index (χ3n) is 8.97. The highest BCUT2D eigenvalue weighted by Gasteiger charge is 2.56. The van der Waals surface area contributed by atoms with Crippen molar-refractivity contribution in [2.24, 2.45) is 40.9 Å². The van der Waals surface area contributed by atoms with Gasteiger partial charge in [-0.25, -0.2) is 0 Å². The molecular weight excluding hydrogens is 296 g/mol. The number of hydrogen-bond donors (Lipinski definition) is 1. The van der Waals surface area contributed by atoms with Crippen LogP contribution in [0.5, 0.6) is 0 Å². The highest BCUT2D eigenvalue weighted by molar-refractivity contribution is 5.79. The molecule has 0 aromatic rings. The van der Waals surface area contributed by atoms with Crippen LogP contribution in [-0.4, -0.2) is 16.5 Å². The average molecular weight is 333 g/mol. The zero-order valence-electron chi connectivity index (χ0n) is 15.9. The monoisotopic (exact) mass is 332 g/mol. The molecule has 136 valence electrons. The van der Waals surface area contributed by atoms with Crippen LogP contribution in [-0.2, 0) is 4.79 Å². The van der Waals surface area contributed by atoms with Crippen molar-refractivity contribution in [1.29, 1.82) is 0 Å². The molecule has 4 rings (SSSR count). The third kappa shape index (κ3) is 2.59. The minimum Gasteiger partial charge on any atom is -0.390 e. The summed E-state index contributed by atoms with van der Waals surface area (Å²) in [5.41, 5.74) is -0.139. The molecule has 4 saturated carbocycles. The van der Waals surface area contributed by atoms with Gasteiger partial charge in [0.2, 0.25) is 0 Å². The van der Waals surface area contributed by atoms with E-state index in [4.69, 9.17) is 0 Å². The minimum atomic E-state index is -0.415. The molecule has 0 aliphatic heterocycles. The highest BCUT2D eigenvalue weighted by atomic mass is 16.3. The molecule has 4 aliphatic carbocycles. The summed E-state index contributed by atoms with van der Waals surface area (Å²) < 4.78 is 0. The number of fused-ring (bicyclic) bond motifs is 5. The predicted molar refractivity (Wildman–Crippen MR) is 96.5 cm³/mol. The summed E-state index contributed by atoms with van der Waals surface area (Å²) in [6, 6.07) is 0. The third-order valence-corrected chi connectivity index (χ3v) is 8.97. The molecule has 0 bridgehead atoms. The Morgan fingerprint density at radius 1 is 0.917 bits per heavy atom. The van der Waals surface area contributed by atoms with E-state index in [1.807, 2.05) is 13.8 Å². The number of aliphatic hydroxyl groups is 1. The van der Waals surface area contributed by atoms with Crippen molar-refractivity contribution < 1.29 is 9.90 Å². The van der Waals surface area contributed by atoms with Crippen LogP contribution in [0.2, 0.25) is 0 Å². The molecule has 2 heteroatoms. The first kappa shape index (κ1) is 17.1. The second-order valence-electron chi connectivity index (χ2n) is 10.3. The molecule has 2 nitrogen and oxygen atoms in total.